The minimum Gasteiger partial charge on any atom is -0.394 e. The second-order valence-corrected chi connectivity index (χ2v) is 4.73. The number of morpholine rings is 1. The van der Waals surface area contributed by atoms with E-state index >= 15 is 0 Å². The maximum atomic E-state index is 8.61. The van der Waals surface area contributed by atoms with Crippen molar-refractivity contribution in [3.8, 4) is 0 Å². The highest BCUT2D eigenvalue weighted by atomic mass is 16.5. The molecule has 0 aromatic heterocycles. The lowest BCUT2D eigenvalue weighted by Gasteiger charge is -2.32. The van der Waals surface area contributed by atoms with E-state index in [0.717, 1.165) is 46.0 Å². The maximum absolute atomic E-state index is 8.61. The Morgan fingerprint density at radius 2 is 2.00 bits per heavy atom. The van der Waals surface area contributed by atoms with Gasteiger partial charge >= 0.3 is 0 Å². The molecule has 2 fully saturated rings. The zero-order chi connectivity index (χ0) is 11.9. The van der Waals surface area contributed by atoms with Gasteiger partial charge < -0.3 is 14.6 Å². The average molecular weight is 244 g/mol. The molecule has 0 aromatic carbocycles. The first-order valence-corrected chi connectivity index (χ1v) is 6.63. The molecule has 17 heavy (non-hydrogen) atoms. The lowest BCUT2D eigenvalue weighted by molar-refractivity contribution is 0.0175. The molecule has 0 aromatic rings. The summed E-state index contributed by atoms with van der Waals surface area (Å²) in [7, 11) is 0. The second-order valence-electron chi connectivity index (χ2n) is 4.73. The summed E-state index contributed by atoms with van der Waals surface area (Å²) in [5.74, 6) is 0. The van der Waals surface area contributed by atoms with Crippen molar-refractivity contribution in [2.75, 3.05) is 65.8 Å². The van der Waals surface area contributed by atoms with Crippen LogP contribution in [0, 0.1) is 0 Å². The summed E-state index contributed by atoms with van der Waals surface area (Å²) in [5, 5.41) is 8.61. The van der Waals surface area contributed by atoms with Gasteiger partial charge in [0.25, 0.3) is 0 Å². The predicted octanol–water partition coefficient (Wildman–Crippen LogP) is -0.598. The average Bonchev–Trinajstić information content (AvgIpc) is 2.85. The topological polar surface area (TPSA) is 45.2 Å². The van der Waals surface area contributed by atoms with Crippen molar-refractivity contribution in [2.24, 2.45) is 0 Å². The SMILES string of the molecule is OCCOCCN1CCC(N2CCOCC2)C1. The third-order valence-corrected chi connectivity index (χ3v) is 3.60. The molecule has 5 heteroatoms. The van der Waals surface area contributed by atoms with Crippen LogP contribution in [0.25, 0.3) is 0 Å². The summed E-state index contributed by atoms with van der Waals surface area (Å²) in [6.45, 7) is 8.56. The third-order valence-electron chi connectivity index (χ3n) is 3.60. The molecule has 2 heterocycles. The Morgan fingerprint density at radius 3 is 2.76 bits per heavy atom. The number of hydrogen-bond acceptors (Lipinski definition) is 5. The number of nitrogens with zero attached hydrogens (tertiary/aromatic N) is 2. The van der Waals surface area contributed by atoms with Crippen LogP contribution in [-0.4, -0.2) is 86.7 Å². The summed E-state index contributed by atoms with van der Waals surface area (Å²) in [6, 6.07) is 0.705. The molecular weight excluding hydrogens is 220 g/mol. The zero-order valence-corrected chi connectivity index (χ0v) is 10.5. The molecule has 0 bridgehead atoms. The van der Waals surface area contributed by atoms with E-state index in [9.17, 15) is 0 Å². The molecule has 2 aliphatic heterocycles. The highest BCUT2D eigenvalue weighted by Crippen LogP contribution is 2.16. The van der Waals surface area contributed by atoms with Gasteiger partial charge in [-0.05, 0) is 13.0 Å². The Morgan fingerprint density at radius 1 is 1.18 bits per heavy atom. The number of likely N-dealkylation sites (tertiary alicyclic amines) is 1. The Hall–Kier alpha value is -0.200. The highest BCUT2D eigenvalue weighted by molar-refractivity contribution is 4.84. The van der Waals surface area contributed by atoms with Gasteiger partial charge in [-0.1, -0.05) is 0 Å². The molecule has 2 rings (SSSR count). The van der Waals surface area contributed by atoms with E-state index in [-0.39, 0.29) is 6.61 Å². The summed E-state index contributed by atoms with van der Waals surface area (Å²) < 4.78 is 10.7. The van der Waals surface area contributed by atoms with Crippen LogP contribution < -0.4 is 0 Å². The number of hydrogen-bond donors (Lipinski definition) is 1. The van der Waals surface area contributed by atoms with Crippen molar-refractivity contribution in [3.05, 3.63) is 0 Å². The summed E-state index contributed by atoms with van der Waals surface area (Å²) in [6.07, 6.45) is 1.26. The van der Waals surface area contributed by atoms with Gasteiger partial charge in [0.2, 0.25) is 0 Å². The molecular formula is C12H24N2O3. The van der Waals surface area contributed by atoms with Crippen molar-refractivity contribution in [3.63, 3.8) is 0 Å². The van der Waals surface area contributed by atoms with Crippen LogP contribution in [0.2, 0.25) is 0 Å². The first-order chi connectivity index (χ1) is 8.40. The van der Waals surface area contributed by atoms with E-state index < -0.39 is 0 Å². The molecule has 1 unspecified atom stereocenters. The van der Waals surface area contributed by atoms with Crippen molar-refractivity contribution < 1.29 is 14.6 Å². The van der Waals surface area contributed by atoms with Gasteiger partial charge in [-0.25, -0.2) is 0 Å². The van der Waals surface area contributed by atoms with E-state index in [1.165, 1.54) is 13.0 Å². The fourth-order valence-corrected chi connectivity index (χ4v) is 2.62. The van der Waals surface area contributed by atoms with Crippen LogP contribution in [0.15, 0.2) is 0 Å². The van der Waals surface area contributed by atoms with Gasteiger partial charge in [-0.2, -0.15) is 0 Å². The first-order valence-electron chi connectivity index (χ1n) is 6.63. The normalized spacial score (nSPS) is 27.7. The van der Waals surface area contributed by atoms with Gasteiger partial charge in [-0.15, -0.1) is 0 Å². The van der Waals surface area contributed by atoms with E-state index in [1.54, 1.807) is 0 Å². The third kappa shape index (κ3) is 4.19. The van der Waals surface area contributed by atoms with Gasteiger partial charge in [0.15, 0.2) is 0 Å². The van der Waals surface area contributed by atoms with Crippen LogP contribution >= 0.6 is 0 Å². The number of aliphatic hydroxyl groups excluding tert-OH is 1. The molecule has 100 valence electrons. The van der Waals surface area contributed by atoms with Crippen LogP contribution in [0.3, 0.4) is 0 Å². The highest BCUT2D eigenvalue weighted by Gasteiger charge is 2.28. The molecule has 0 radical (unpaired) electrons. The molecule has 1 atom stereocenters. The quantitative estimate of drug-likeness (QED) is 0.632. The molecule has 0 aliphatic carbocycles. The summed E-state index contributed by atoms with van der Waals surface area (Å²) in [5.41, 5.74) is 0. The van der Waals surface area contributed by atoms with E-state index in [0.29, 0.717) is 12.6 Å². The fraction of sp³-hybridized carbons (Fsp3) is 1.00. The lowest BCUT2D eigenvalue weighted by atomic mass is 10.2. The predicted molar refractivity (Wildman–Crippen MR) is 65.1 cm³/mol. The second kappa shape index (κ2) is 7.28. The van der Waals surface area contributed by atoms with Crippen LogP contribution in [0.4, 0.5) is 0 Å². The molecule has 5 nitrogen and oxygen atoms in total. The molecule has 2 aliphatic rings. The maximum Gasteiger partial charge on any atom is 0.0698 e. The van der Waals surface area contributed by atoms with E-state index in [2.05, 4.69) is 9.80 Å². The molecule has 0 spiro atoms. The first kappa shape index (κ1) is 13.2. The lowest BCUT2D eigenvalue weighted by Crippen LogP contribution is -2.44. The summed E-state index contributed by atoms with van der Waals surface area (Å²) in [4.78, 5) is 5.01. The number of aliphatic hydroxyl groups is 1. The van der Waals surface area contributed by atoms with Gasteiger partial charge in [0.05, 0.1) is 33.0 Å². The molecule has 0 saturated carbocycles. The van der Waals surface area contributed by atoms with Crippen molar-refractivity contribution in [1.29, 1.82) is 0 Å². The van der Waals surface area contributed by atoms with Gasteiger partial charge in [-0.3, -0.25) is 9.80 Å². The van der Waals surface area contributed by atoms with Crippen LogP contribution in [-0.2, 0) is 9.47 Å². The number of ether oxygens (including phenoxy) is 2. The molecule has 0 amide bonds. The van der Waals surface area contributed by atoms with Crippen LogP contribution in [0.1, 0.15) is 6.42 Å². The largest absolute Gasteiger partial charge is 0.394 e. The standard InChI is InChI=1S/C12H24N2O3/c15-6-10-17-7-3-13-2-1-12(11-13)14-4-8-16-9-5-14/h12,15H,1-11H2. The van der Waals surface area contributed by atoms with Crippen molar-refractivity contribution >= 4 is 0 Å². The Balaban J connectivity index is 1.61. The van der Waals surface area contributed by atoms with Crippen LogP contribution in [0.5, 0.6) is 0 Å². The minimum absolute atomic E-state index is 0.121. The smallest absolute Gasteiger partial charge is 0.0698 e. The van der Waals surface area contributed by atoms with E-state index in [4.69, 9.17) is 14.6 Å². The molecule has 2 saturated heterocycles. The monoisotopic (exact) mass is 244 g/mol. The van der Waals surface area contributed by atoms with Crippen molar-refractivity contribution in [2.45, 2.75) is 12.5 Å². The number of rotatable bonds is 6. The zero-order valence-electron chi connectivity index (χ0n) is 10.5. The fourth-order valence-electron chi connectivity index (χ4n) is 2.62. The Labute approximate surface area is 103 Å². The summed E-state index contributed by atoms with van der Waals surface area (Å²) >= 11 is 0. The Bertz CT molecular complexity index is 210. The minimum atomic E-state index is 0.121. The van der Waals surface area contributed by atoms with Gasteiger partial charge in [0.1, 0.15) is 0 Å². The Kier molecular flexibility index (Phi) is 5.67. The van der Waals surface area contributed by atoms with Crippen molar-refractivity contribution in [1.82, 2.24) is 9.80 Å². The molecule has 1 N–H and O–H groups in total. The van der Waals surface area contributed by atoms with E-state index in [1.807, 2.05) is 0 Å². The van der Waals surface area contributed by atoms with Gasteiger partial charge in [0, 0.05) is 32.2 Å².